The summed E-state index contributed by atoms with van der Waals surface area (Å²) in [5.41, 5.74) is -0.615. The Morgan fingerprint density at radius 2 is 1.75 bits per heavy atom. The van der Waals surface area contributed by atoms with E-state index in [0.29, 0.717) is 11.4 Å². The molecule has 0 radical (unpaired) electrons. The van der Waals surface area contributed by atoms with Gasteiger partial charge in [0.05, 0.1) is 16.1 Å². The van der Waals surface area contributed by atoms with Crippen molar-refractivity contribution in [1.29, 1.82) is 0 Å². The zero-order valence-corrected chi connectivity index (χ0v) is 15.3. The highest BCUT2D eigenvalue weighted by Gasteiger charge is 2.53. The molecule has 0 aromatic heterocycles. The first-order chi connectivity index (χ1) is 11.1. The predicted molar refractivity (Wildman–Crippen MR) is 93.9 cm³/mol. The molecule has 4 nitrogen and oxygen atoms in total. The first-order valence-corrected chi connectivity index (χ1v) is 9.66. The second-order valence-electron chi connectivity index (χ2n) is 7.11. The summed E-state index contributed by atoms with van der Waals surface area (Å²) in [6.07, 6.45) is 0.315. The van der Waals surface area contributed by atoms with Crippen LogP contribution in [-0.2, 0) is 19.4 Å². The van der Waals surface area contributed by atoms with Gasteiger partial charge in [-0.25, -0.2) is 8.42 Å². The maximum Gasteiger partial charge on any atom is 0.310 e. The normalized spacial score (nSPS) is 20.8. The van der Waals surface area contributed by atoms with Crippen LogP contribution in [0.1, 0.15) is 27.2 Å². The van der Waals surface area contributed by atoms with E-state index in [4.69, 9.17) is 16.3 Å². The van der Waals surface area contributed by atoms with Gasteiger partial charge in [-0.1, -0.05) is 23.7 Å². The molecule has 6 heteroatoms. The van der Waals surface area contributed by atoms with E-state index in [1.807, 2.05) is 0 Å². The van der Waals surface area contributed by atoms with E-state index in [0.717, 1.165) is 10.8 Å². The van der Waals surface area contributed by atoms with E-state index in [-0.39, 0.29) is 4.90 Å². The summed E-state index contributed by atoms with van der Waals surface area (Å²) in [5.74, 6) is -1.02. The zero-order valence-electron chi connectivity index (χ0n) is 13.7. The molecule has 1 aliphatic carbocycles. The van der Waals surface area contributed by atoms with Gasteiger partial charge in [-0.2, -0.15) is 0 Å². The lowest BCUT2D eigenvalue weighted by Crippen LogP contribution is -2.26. The number of ether oxygens (including phenoxy) is 1. The molecule has 0 saturated heterocycles. The van der Waals surface area contributed by atoms with Gasteiger partial charge in [0.2, 0.25) is 0 Å². The highest BCUT2D eigenvalue weighted by molar-refractivity contribution is 7.92. The Kier molecular flexibility index (Phi) is 4.12. The molecule has 128 valence electrons. The second kappa shape index (κ2) is 5.74. The van der Waals surface area contributed by atoms with Gasteiger partial charge >= 0.3 is 5.97 Å². The van der Waals surface area contributed by atoms with Crippen LogP contribution in [0.5, 0.6) is 0 Å². The Labute approximate surface area is 146 Å². The van der Waals surface area contributed by atoms with Crippen molar-refractivity contribution in [3.63, 3.8) is 0 Å². The Hall–Kier alpha value is -1.59. The molecular formula is C18H19ClO4S. The fourth-order valence-electron chi connectivity index (χ4n) is 2.69. The minimum Gasteiger partial charge on any atom is -0.460 e. The van der Waals surface area contributed by atoms with Crippen molar-refractivity contribution in [2.24, 2.45) is 5.92 Å². The van der Waals surface area contributed by atoms with Gasteiger partial charge in [0.25, 0.3) is 0 Å². The van der Waals surface area contributed by atoms with Crippen LogP contribution >= 0.6 is 11.6 Å². The van der Waals surface area contributed by atoms with E-state index in [2.05, 4.69) is 0 Å². The standard InChI is InChI=1S/C18H19ClO4S/c1-18(2,3)23-17(20)15-10-16(15)24(21,22)14-7-5-11-8-13(19)6-4-12(11)9-14/h4-9,15-16H,10H2,1-3H3. The monoisotopic (exact) mass is 366 g/mol. The minimum atomic E-state index is -3.55. The molecule has 0 N–H and O–H groups in total. The van der Waals surface area contributed by atoms with Crippen LogP contribution in [0.15, 0.2) is 41.3 Å². The Bertz CT molecular complexity index is 912. The van der Waals surface area contributed by atoms with Gasteiger partial charge in [0.15, 0.2) is 9.84 Å². The maximum atomic E-state index is 12.8. The number of esters is 1. The third-order valence-corrected chi connectivity index (χ3v) is 6.41. The van der Waals surface area contributed by atoms with E-state index in [1.165, 1.54) is 0 Å². The molecule has 1 saturated carbocycles. The minimum absolute atomic E-state index is 0.230. The lowest BCUT2D eigenvalue weighted by Gasteiger charge is -2.19. The van der Waals surface area contributed by atoms with Crippen molar-refractivity contribution in [3.05, 3.63) is 41.4 Å². The van der Waals surface area contributed by atoms with Crippen LogP contribution in [0.3, 0.4) is 0 Å². The number of hydrogen-bond acceptors (Lipinski definition) is 4. The van der Waals surface area contributed by atoms with Gasteiger partial charge < -0.3 is 4.74 Å². The number of sulfone groups is 1. The van der Waals surface area contributed by atoms with Gasteiger partial charge in [-0.3, -0.25) is 4.79 Å². The summed E-state index contributed by atoms with van der Waals surface area (Å²) in [4.78, 5) is 12.3. The number of fused-ring (bicyclic) bond motifs is 1. The average molecular weight is 367 g/mol. The second-order valence-corrected chi connectivity index (χ2v) is 9.72. The van der Waals surface area contributed by atoms with Crippen molar-refractivity contribution in [2.45, 2.75) is 42.9 Å². The lowest BCUT2D eigenvalue weighted by molar-refractivity contribution is -0.156. The summed E-state index contributed by atoms with van der Waals surface area (Å²) in [7, 11) is -3.55. The third kappa shape index (κ3) is 3.42. The summed E-state index contributed by atoms with van der Waals surface area (Å²) in [6.45, 7) is 5.31. The molecule has 0 spiro atoms. The Balaban J connectivity index is 1.84. The predicted octanol–water partition coefficient (Wildman–Crippen LogP) is 4.00. The van der Waals surface area contributed by atoms with E-state index < -0.39 is 32.6 Å². The fourth-order valence-corrected chi connectivity index (χ4v) is 4.77. The molecule has 0 aliphatic heterocycles. The molecule has 24 heavy (non-hydrogen) atoms. The average Bonchev–Trinajstić information content (AvgIpc) is 3.26. The third-order valence-electron chi connectivity index (χ3n) is 3.94. The summed E-state index contributed by atoms with van der Waals surface area (Å²) in [5, 5.41) is 1.58. The van der Waals surface area contributed by atoms with E-state index in [9.17, 15) is 13.2 Å². The number of halogens is 1. The first kappa shape index (κ1) is 17.2. The highest BCUT2D eigenvalue weighted by atomic mass is 35.5. The lowest BCUT2D eigenvalue weighted by atomic mass is 10.1. The summed E-state index contributed by atoms with van der Waals surface area (Å²) < 4.78 is 30.8. The topological polar surface area (TPSA) is 60.4 Å². The van der Waals surface area contributed by atoms with Crippen LogP contribution in [0.25, 0.3) is 10.8 Å². The van der Waals surface area contributed by atoms with Gasteiger partial charge in [-0.15, -0.1) is 0 Å². The van der Waals surface area contributed by atoms with E-state index >= 15 is 0 Å². The largest absolute Gasteiger partial charge is 0.460 e. The molecule has 2 aromatic carbocycles. The molecule has 1 aliphatic rings. The van der Waals surface area contributed by atoms with Crippen molar-refractivity contribution >= 4 is 38.2 Å². The van der Waals surface area contributed by atoms with Crippen molar-refractivity contribution in [2.75, 3.05) is 0 Å². The van der Waals surface area contributed by atoms with Crippen LogP contribution < -0.4 is 0 Å². The fraction of sp³-hybridized carbons (Fsp3) is 0.389. The van der Waals surface area contributed by atoms with Crippen molar-refractivity contribution < 1.29 is 17.9 Å². The SMILES string of the molecule is CC(C)(C)OC(=O)C1CC1S(=O)(=O)c1ccc2cc(Cl)ccc2c1. The first-order valence-electron chi connectivity index (χ1n) is 7.74. The molecule has 2 aromatic rings. The Morgan fingerprint density at radius 3 is 2.42 bits per heavy atom. The molecular weight excluding hydrogens is 348 g/mol. The molecule has 1 fully saturated rings. The van der Waals surface area contributed by atoms with Crippen LogP contribution in [0, 0.1) is 5.92 Å². The van der Waals surface area contributed by atoms with Gasteiger partial charge in [-0.05, 0) is 62.2 Å². The molecule has 2 unspecified atom stereocenters. The van der Waals surface area contributed by atoms with Crippen LogP contribution in [-0.4, -0.2) is 25.2 Å². The van der Waals surface area contributed by atoms with Gasteiger partial charge in [0, 0.05) is 5.02 Å². The van der Waals surface area contributed by atoms with Crippen molar-refractivity contribution in [3.8, 4) is 0 Å². The highest BCUT2D eigenvalue weighted by Crippen LogP contribution is 2.42. The number of benzene rings is 2. The molecule has 0 bridgehead atoms. The smallest absolute Gasteiger partial charge is 0.310 e. The van der Waals surface area contributed by atoms with Gasteiger partial charge in [0.1, 0.15) is 5.60 Å². The van der Waals surface area contributed by atoms with Crippen LogP contribution in [0.2, 0.25) is 5.02 Å². The summed E-state index contributed by atoms with van der Waals surface area (Å²) in [6, 6.07) is 10.2. The maximum absolute atomic E-state index is 12.8. The molecule has 0 amide bonds. The number of rotatable bonds is 3. The molecule has 3 rings (SSSR count). The molecule has 0 heterocycles. The van der Waals surface area contributed by atoms with Crippen molar-refractivity contribution in [1.82, 2.24) is 0 Å². The quantitative estimate of drug-likeness (QED) is 0.770. The zero-order chi connectivity index (χ0) is 17.7. The Morgan fingerprint density at radius 1 is 1.12 bits per heavy atom. The van der Waals surface area contributed by atoms with Crippen LogP contribution in [0.4, 0.5) is 0 Å². The molecule has 2 atom stereocenters. The van der Waals surface area contributed by atoms with E-state index in [1.54, 1.807) is 57.2 Å². The number of carbonyl (C=O) groups excluding carboxylic acids is 1. The summed E-state index contributed by atoms with van der Waals surface area (Å²) >= 11 is 5.95. The number of carbonyl (C=O) groups is 1. The number of hydrogen-bond donors (Lipinski definition) is 0.